The second-order valence-electron chi connectivity index (χ2n) is 2.45. The molecule has 1 aromatic carbocycles. The highest BCUT2D eigenvalue weighted by Gasteiger charge is 1.88. The van der Waals surface area contributed by atoms with Crippen LogP contribution >= 0.6 is 0 Å². The molecule has 1 rings (SSSR count). The van der Waals surface area contributed by atoms with Crippen molar-refractivity contribution in [3.63, 3.8) is 0 Å². The quantitative estimate of drug-likeness (QED) is 0.577. The predicted octanol–water partition coefficient (Wildman–Crippen LogP) is 3.83. The van der Waals surface area contributed by atoms with Gasteiger partial charge in [-0.15, -0.1) is 0 Å². The molecule has 1 aromatic rings. The number of rotatable bonds is 2. The minimum atomic E-state index is 0. The third-order valence-corrected chi connectivity index (χ3v) is 1.60. The smallest absolute Gasteiger partial charge is 0.0227 e. The zero-order valence-corrected chi connectivity index (χ0v) is 6.75. The lowest BCUT2D eigenvalue weighted by Crippen LogP contribution is -1.76. The van der Waals surface area contributed by atoms with Gasteiger partial charge in [0.05, 0.1) is 0 Å². The lowest BCUT2D eigenvalue weighted by atomic mass is 10.1. The summed E-state index contributed by atoms with van der Waals surface area (Å²) < 4.78 is 0. The van der Waals surface area contributed by atoms with Crippen LogP contribution in [-0.4, -0.2) is 0 Å². The van der Waals surface area contributed by atoms with Crippen LogP contribution in [0.4, 0.5) is 0 Å². The Morgan fingerprint density at radius 2 is 1.92 bits per heavy atom. The third-order valence-electron chi connectivity index (χ3n) is 1.60. The normalized spacial score (nSPS) is 9.42. The van der Waals surface area contributed by atoms with Gasteiger partial charge in [-0.25, -0.2) is 0 Å². The van der Waals surface area contributed by atoms with Gasteiger partial charge < -0.3 is 0 Å². The van der Waals surface area contributed by atoms with Crippen molar-refractivity contribution in [2.24, 2.45) is 0 Å². The highest BCUT2D eigenvalue weighted by molar-refractivity contribution is 5.54. The standard InChI is InChI=1S/C11H12.CH4/c1-3-4-8-11-9-6-5-7-10(11)2;/h3-9H,1H2,2H3;1H4/b8-4-;. The summed E-state index contributed by atoms with van der Waals surface area (Å²) in [6, 6.07) is 8.27. The van der Waals surface area contributed by atoms with Crippen molar-refractivity contribution in [3.8, 4) is 0 Å². The molecule has 0 bridgehead atoms. The summed E-state index contributed by atoms with van der Waals surface area (Å²) in [5, 5.41) is 0. The average molecular weight is 160 g/mol. The highest BCUT2D eigenvalue weighted by Crippen LogP contribution is 2.08. The summed E-state index contributed by atoms with van der Waals surface area (Å²) in [4.78, 5) is 0. The van der Waals surface area contributed by atoms with Crippen LogP contribution in [0.5, 0.6) is 0 Å². The number of hydrogen-bond donors (Lipinski definition) is 0. The van der Waals surface area contributed by atoms with E-state index in [9.17, 15) is 0 Å². The molecule has 12 heavy (non-hydrogen) atoms. The highest BCUT2D eigenvalue weighted by atomic mass is 13.9. The topological polar surface area (TPSA) is 0 Å². The molecular formula is C12H16. The van der Waals surface area contributed by atoms with Crippen LogP contribution in [0.15, 0.2) is 43.0 Å². The fraction of sp³-hybridized carbons (Fsp3) is 0.167. The molecule has 64 valence electrons. The van der Waals surface area contributed by atoms with Crippen molar-refractivity contribution < 1.29 is 0 Å². The number of benzene rings is 1. The van der Waals surface area contributed by atoms with Gasteiger partial charge >= 0.3 is 0 Å². The lowest BCUT2D eigenvalue weighted by molar-refractivity contribution is 1.44. The Morgan fingerprint density at radius 3 is 2.50 bits per heavy atom. The summed E-state index contributed by atoms with van der Waals surface area (Å²) in [5.74, 6) is 0. The van der Waals surface area contributed by atoms with Crippen LogP contribution < -0.4 is 0 Å². The van der Waals surface area contributed by atoms with Crippen LogP contribution in [0.25, 0.3) is 6.08 Å². The Labute approximate surface area is 75.2 Å². The van der Waals surface area contributed by atoms with E-state index in [1.165, 1.54) is 11.1 Å². The van der Waals surface area contributed by atoms with E-state index in [4.69, 9.17) is 0 Å². The van der Waals surface area contributed by atoms with E-state index in [0.29, 0.717) is 0 Å². The fourth-order valence-electron chi connectivity index (χ4n) is 0.945. The molecule has 0 aliphatic carbocycles. The zero-order chi connectivity index (χ0) is 8.10. The van der Waals surface area contributed by atoms with Crippen LogP contribution in [0.3, 0.4) is 0 Å². The maximum Gasteiger partial charge on any atom is -0.0227 e. The molecule has 0 heteroatoms. The molecule has 0 radical (unpaired) electrons. The van der Waals surface area contributed by atoms with Crippen molar-refractivity contribution in [1.82, 2.24) is 0 Å². The SMILES string of the molecule is C.C=C/C=C\c1ccccc1C. The Kier molecular flexibility index (Phi) is 4.78. The molecule has 0 aliphatic heterocycles. The second kappa shape index (κ2) is 5.36. The molecule has 0 saturated carbocycles. The molecule has 0 amide bonds. The maximum absolute atomic E-state index is 3.62. The first kappa shape index (κ1) is 10.7. The number of aryl methyl sites for hydroxylation is 1. The van der Waals surface area contributed by atoms with Crippen LogP contribution in [0.2, 0.25) is 0 Å². The Bertz CT molecular complexity index is 269. The van der Waals surface area contributed by atoms with Gasteiger partial charge in [-0.05, 0) is 18.1 Å². The van der Waals surface area contributed by atoms with E-state index in [-0.39, 0.29) is 7.43 Å². The van der Waals surface area contributed by atoms with E-state index >= 15 is 0 Å². The number of hydrogen-bond acceptors (Lipinski definition) is 0. The molecule has 0 saturated heterocycles. The van der Waals surface area contributed by atoms with Crippen LogP contribution in [0.1, 0.15) is 18.6 Å². The molecule has 0 spiro atoms. The number of allylic oxidation sites excluding steroid dienone is 2. The van der Waals surface area contributed by atoms with Crippen LogP contribution in [-0.2, 0) is 0 Å². The van der Waals surface area contributed by atoms with Gasteiger partial charge in [0, 0.05) is 0 Å². The molecule has 0 nitrogen and oxygen atoms in total. The minimum absolute atomic E-state index is 0. The molecule has 0 aliphatic rings. The Hall–Kier alpha value is -1.30. The van der Waals surface area contributed by atoms with Crippen molar-refractivity contribution in [1.29, 1.82) is 0 Å². The van der Waals surface area contributed by atoms with E-state index in [0.717, 1.165) is 0 Å². The van der Waals surface area contributed by atoms with Crippen molar-refractivity contribution in [2.45, 2.75) is 14.4 Å². The summed E-state index contributed by atoms with van der Waals surface area (Å²) in [5.41, 5.74) is 2.55. The summed E-state index contributed by atoms with van der Waals surface area (Å²) >= 11 is 0. The molecule has 0 aromatic heterocycles. The molecule has 0 N–H and O–H groups in total. The second-order valence-corrected chi connectivity index (χ2v) is 2.45. The van der Waals surface area contributed by atoms with E-state index in [2.05, 4.69) is 31.7 Å². The summed E-state index contributed by atoms with van der Waals surface area (Å²) in [7, 11) is 0. The van der Waals surface area contributed by atoms with E-state index in [1.54, 1.807) is 6.08 Å². The fourth-order valence-corrected chi connectivity index (χ4v) is 0.945. The predicted molar refractivity (Wildman–Crippen MR) is 57.1 cm³/mol. The Morgan fingerprint density at radius 1 is 1.25 bits per heavy atom. The molecule has 0 heterocycles. The lowest BCUT2D eigenvalue weighted by Gasteiger charge is -1.96. The average Bonchev–Trinajstić information content (AvgIpc) is 2.03. The summed E-state index contributed by atoms with van der Waals surface area (Å²) in [6.45, 7) is 5.72. The van der Waals surface area contributed by atoms with E-state index < -0.39 is 0 Å². The van der Waals surface area contributed by atoms with E-state index in [1.807, 2.05) is 18.2 Å². The summed E-state index contributed by atoms with van der Waals surface area (Å²) in [6.07, 6.45) is 5.79. The first-order chi connectivity index (χ1) is 5.34. The van der Waals surface area contributed by atoms with Crippen molar-refractivity contribution >= 4 is 6.08 Å². The molecule has 0 atom stereocenters. The van der Waals surface area contributed by atoms with Crippen molar-refractivity contribution in [2.75, 3.05) is 0 Å². The van der Waals surface area contributed by atoms with Gasteiger partial charge in [-0.1, -0.05) is 56.5 Å². The molecular weight excluding hydrogens is 144 g/mol. The zero-order valence-electron chi connectivity index (χ0n) is 6.75. The van der Waals surface area contributed by atoms with Gasteiger partial charge in [-0.2, -0.15) is 0 Å². The van der Waals surface area contributed by atoms with Crippen molar-refractivity contribution in [3.05, 3.63) is 54.1 Å². The van der Waals surface area contributed by atoms with Gasteiger partial charge in [0.15, 0.2) is 0 Å². The van der Waals surface area contributed by atoms with Gasteiger partial charge in [0.2, 0.25) is 0 Å². The molecule has 0 fully saturated rings. The monoisotopic (exact) mass is 160 g/mol. The molecule has 0 unspecified atom stereocenters. The van der Waals surface area contributed by atoms with Gasteiger partial charge in [0.1, 0.15) is 0 Å². The maximum atomic E-state index is 3.62. The van der Waals surface area contributed by atoms with Gasteiger partial charge in [0.25, 0.3) is 0 Å². The first-order valence-electron chi connectivity index (χ1n) is 3.69. The minimum Gasteiger partial charge on any atom is -0.0991 e. The van der Waals surface area contributed by atoms with Crippen LogP contribution in [0, 0.1) is 6.92 Å². The third kappa shape index (κ3) is 2.75. The Balaban J connectivity index is 0.00000121. The first-order valence-corrected chi connectivity index (χ1v) is 3.69. The van der Waals surface area contributed by atoms with Gasteiger partial charge in [-0.3, -0.25) is 0 Å². The largest absolute Gasteiger partial charge is 0.0991 e.